The second kappa shape index (κ2) is 10.4. The number of anilines is 1. The molecule has 1 N–H and O–H groups in total. The summed E-state index contributed by atoms with van der Waals surface area (Å²) in [6.45, 7) is 2.94. The fraction of sp³-hybridized carbons (Fsp3) is 0.625. The van der Waals surface area contributed by atoms with Crippen LogP contribution in [0.1, 0.15) is 58.3 Å². The molecule has 4 nitrogen and oxygen atoms in total. The van der Waals surface area contributed by atoms with Crippen LogP contribution in [0.25, 0.3) is 0 Å². The highest BCUT2D eigenvalue weighted by atomic mass is 35.5. The van der Waals surface area contributed by atoms with Gasteiger partial charge in [0.15, 0.2) is 0 Å². The highest BCUT2D eigenvalue weighted by Crippen LogP contribution is 2.31. The first-order chi connectivity index (χ1) is 10.2. The van der Waals surface area contributed by atoms with E-state index in [1.54, 1.807) is 12.1 Å². The molecular weight excluding hydrogens is 288 g/mol. The topological polar surface area (TPSA) is 55.2 Å². The highest BCUT2D eigenvalue weighted by molar-refractivity contribution is 6.33. The predicted molar refractivity (Wildman–Crippen MR) is 89.2 cm³/mol. The van der Waals surface area contributed by atoms with Crippen molar-refractivity contribution in [3.63, 3.8) is 0 Å². The Balaban J connectivity index is 2.23. The summed E-state index contributed by atoms with van der Waals surface area (Å²) in [7, 11) is 0. The number of nitrogens with one attached hydrogen (secondary N) is 1. The number of hydrogen-bond acceptors (Lipinski definition) is 3. The first-order valence-electron chi connectivity index (χ1n) is 7.83. The van der Waals surface area contributed by atoms with E-state index in [1.165, 1.54) is 44.6 Å². The van der Waals surface area contributed by atoms with Crippen LogP contribution in [0.15, 0.2) is 18.2 Å². The minimum Gasteiger partial charge on any atom is -0.378 e. The lowest BCUT2D eigenvalue weighted by Crippen LogP contribution is -2.05. The molecule has 0 bridgehead atoms. The van der Waals surface area contributed by atoms with Crippen LogP contribution < -0.4 is 5.32 Å². The number of halogens is 1. The third kappa shape index (κ3) is 6.80. The average molecular weight is 313 g/mol. The Hall–Kier alpha value is -1.29. The van der Waals surface area contributed by atoms with Crippen LogP contribution in [0.2, 0.25) is 5.02 Å². The van der Waals surface area contributed by atoms with Gasteiger partial charge >= 0.3 is 0 Å². The summed E-state index contributed by atoms with van der Waals surface area (Å²) in [4.78, 5) is 10.5. The van der Waals surface area contributed by atoms with Crippen molar-refractivity contribution in [3.8, 4) is 0 Å². The van der Waals surface area contributed by atoms with E-state index < -0.39 is 4.92 Å². The summed E-state index contributed by atoms with van der Waals surface area (Å²) in [5, 5.41) is 14.4. The van der Waals surface area contributed by atoms with Gasteiger partial charge in [-0.2, -0.15) is 0 Å². The molecule has 21 heavy (non-hydrogen) atoms. The van der Waals surface area contributed by atoms with Gasteiger partial charge in [-0.05, 0) is 12.5 Å². The minimum atomic E-state index is -0.401. The van der Waals surface area contributed by atoms with E-state index in [2.05, 4.69) is 12.2 Å². The Kier molecular flexibility index (Phi) is 8.83. The second-order valence-corrected chi connectivity index (χ2v) is 5.70. The van der Waals surface area contributed by atoms with Crippen molar-refractivity contribution >= 4 is 23.0 Å². The van der Waals surface area contributed by atoms with E-state index in [9.17, 15) is 10.1 Å². The van der Waals surface area contributed by atoms with Crippen molar-refractivity contribution in [2.75, 3.05) is 11.9 Å². The van der Waals surface area contributed by atoms with Gasteiger partial charge in [0.2, 0.25) is 0 Å². The maximum absolute atomic E-state index is 10.9. The molecule has 1 rings (SSSR count). The van der Waals surface area contributed by atoms with Crippen molar-refractivity contribution in [1.29, 1.82) is 0 Å². The SMILES string of the molecule is CCCCCCCCCCNc1c(Cl)cccc1[N+](=O)[O-]. The van der Waals surface area contributed by atoms with Crippen molar-refractivity contribution in [3.05, 3.63) is 33.3 Å². The summed E-state index contributed by atoms with van der Waals surface area (Å²) < 4.78 is 0. The van der Waals surface area contributed by atoms with Gasteiger partial charge in [0, 0.05) is 12.6 Å². The molecule has 0 aliphatic carbocycles. The monoisotopic (exact) mass is 312 g/mol. The third-order valence-electron chi connectivity index (χ3n) is 3.52. The van der Waals surface area contributed by atoms with Crippen LogP contribution in [0.4, 0.5) is 11.4 Å². The molecule has 0 saturated carbocycles. The zero-order valence-corrected chi connectivity index (χ0v) is 13.5. The van der Waals surface area contributed by atoms with Gasteiger partial charge in [0.1, 0.15) is 5.69 Å². The van der Waals surface area contributed by atoms with E-state index in [1.807, 2.05) is 0 Å². The summed E-state index contributed by atoms with van der Waals surface area (Å²) in [5.74, 6) is 0. The first-order valence-corrected chi connectivity index (χ1v) is 8.21. The van der Waals surface area contributed by atoms with E-state index in [-0.39, 0.29) is 5.69 Å². The zero-order chi connectivity index (χ0) is 15.5. The first kappa shape index (κ1) is 17.8. The quantitative estimate of drug-likeness (QED) is 0.319. The lowest BCUT2D eigenvalue weighted by Gasteiger charge is -2.08. The fourth-order valence-corrected chi connectivity index (χ4v) is 2.55. The summed E-state index contributed by atoms with van der Waals surface area (Å²) >= 11 is 6.02. The van der Waals surface area contributed by atoms with Gasteiger partial charge in [-0.25, -0.2) is 0 Å². The summed E-state index contributed by atoms with van der Waals surface area (Å²) in [6, 6.07) is 4.74. The summed E-state index contributed by atoms with van der Waals surface area (Å²) in [6.07, 6.45) is 9.94. The van der Waals surface area contributed by atoms with Gasteiger partial charge < -0.3 is 5.32 Å². The average Bonchev–Trinajstić information content (AvgIpc) is 2.46. The zero-order valence-electron chi connectivity index (χ0n) is 12.7. The number of para-hydroxylation sites is 1. The van der Waals surface area contributed by atoms with Crippen LogP contribution in [0.3, 0.4) is 0 Å². The number of nitrogens with zero attached hydrogens (tertiary/aromatic N) is 1. The number of benzene rings is 1. The molecule has 0 aliphatic heterocycles. The Morgan fingerprint density at radius 1 is 1.10 bits per heavy atom. The van der Waals surface area contributed by atoms with Crippen molar-refractivity contribution in [2.45, 2.75) is 58.3 Å². The predicted octanol–water partition coefficient (Wildman–Crippen LogP) is 5.80. The van der Waals surface area contributed by atoms with E-state index in [0.29, 0.717) is 10.7 Å². The number of nitro benzene ring substituents is 1. The smallest absolute Gasteiger partial charge is 0.293 e. The Labute approximate surface area is 132 Å². The largest absolute Gasteiger partial charge is 0.378 e. The molecule has 118 valence electrons. The molecule has 0 spiro atoms. The van der Waals surface area contributed by atoms with E-state index in [0.717, 1.165) is 19.4 Å². The van der Waals surface area contributed by atoms with E-state index in [4.69, 9.17) is 11.6 Å². The fourth-order valence-electron chi connectivity index (χ4n) is 2.31. The molecule has 0 aliphatic rings. The molecule has 1 aromatic rings. The molecule has 0 aromatic heterocycles. The Morgan fingerprint density at radius 2 is 1.71 bits per heavy atom. The molecule has 0 atom stereocenters. The second-order valence-electron chi connectivity index (χ2n) is 5.29. The van der Waals surface area contributed by atoms with Crippen LogP contribution in [-0.4, -0.2) is 11.5 Å². The molecule has 0 unspecified atom stereocenters. The van der Waals surface area contributed by atoms with E-state index >= 15 is 0 Å². The molecule has 1 aromatic carbocycles. The molecule has 0 amide bonds. The third-order valence-corrected chi connectivity index (χ3v) is 3.84. The Bertz CT molecular complexity index is 438. The lowest BCUT2D eigenvalue weighted by atomic mass is 10.1. The molecule has 0 fully saturated rings. The van der Waals surface area contributed by atoms with Gasteiger partial charge in [0.05, 0.1) is 9.95 Å². The highest BCUT2D eigenvalue weighted by Gasteiger charge is 2.15. The van der Waals surface area contributed by atoms with Gasteiger partial charge in [-0.15, -0.1) is 0 Å². The van der Waals surface area contributed by atoms with Crippen LogP contribution in [0.5, 0.6) is 0 Å². The van der Waals surface area contributed by atoms with Crippen molar-refractivity contribution < 1.29 is 4.92 Å². The number of unbranched alkanes of at least 4 members (excludes halogenated alkanes) is 7. The van der Waals surface area contributed by atoms with Gasteiger partial charge in [-0.3, -0.25) is 10.1 Å². The van der Waals surface area contributed by atoms with Gasteiger partial charge in [-0.1, -0.05) is 69.5 Å². The molecule has 0 heterocycles. The Morgan fingerprint density at radius 3 is 2.33 bits per heavy atom. The van der Waals surface area contributed by atoms with Crippen LogP contribution >= 0.6 is 11.6 Å². The number of rotatable bonds is 11. The molecular formula is C16H25ClN2O2. The number of hydrogen-bond donors (Lipinski definition) is 1. The van der Waals surface area contributed by atoms with Crippen molar-refractivity contribution in [2.24, 2.45) is 0 Å². The molecule has 0 saturated heterocycles. The van der Waals surface area contributed by atoms with Gasteiger partial charge in [0.25, 0.3) is 5.69 Å². The standard InChI is InChI=1S/C16H25ClN2O2/c1-2-3-4-5-6-7-8-9-13-18-16-14(17)11-10-12-15(16)19(20)21/h10-12,18H,2-9,13H2,1H3. The maximum Gasteiger partial charge on any atom is 0.293 e. The summed E-state index contributed by atoms with van der Waals surface area (Å²) in [5.41, 5.74) is 0.481. The van der Waals surface area contributed by atoms with Crippen LogP contribution in [-0.2, 0) is 0 Å². The normalized spacial score (nSPS) is 10.6. The minimum absolute atomic E-state index is 0.0436. The lowest BCUT2D eigenvalue weighted by molar-refractivity contribution is -0.383. The maximum atomic E-state index is 10.9. The van der Waals surface area contributed by atoms with Crippen LogP contribution in [0, 0.1) is 10.1 Å². The molecule has 5 heteroatoms. The van der Waals surface area contributed by atoms with Crippen molar-refractivity contribution in [1.82, 2.24) is 0 Å². The molecule has 0 radical (unpaired) electrons. The number of nitro groups is 1.